The average Bonchev–Trinajstić information content (AvgIpc) is 2.75. The SMILES string of the molecule is COc1c(Br)cc(C(C)(C)C)c(Br)c1N1CCNC1=N. The molecule has 1 saturated heterocycles. The summed E-state index contributed by atoms with van der Waals surface area (Å²) in [4.78, 5) is 1.93. The maximum atomic E-state index is 8.03. The van der Waals surface area contributed by atoms with Gasteiger partial charge in [0.05, 0.1) is 11.6 Å². The third kappa shape index (κ3) is 2.68. The molecule has 1 aromatic rings. The van der Waals surface area contributed by atoms with Gasteiger partial charge in [0.25, 0.3) is 0 Å². The van der Waals surface area contributed by atoms with E-state index in [0.29, 0.717) is 5.96 Å². The van der Waals surface area contributed by atoms with E-state index in [2.05, 4.69) is 64.0 Å². The Kier molecular flexibility index (Phi) is 4.35. The number of ether oxygens (including phenoxy) is 1. The number of hydrogen-bond donors (Lipinski definition) is 2. The molecule has 0 unspecified atom stereocenters. The highest BCUT2D eigenvalue weighted by Gasteiger charge is 2.30. The van der Waals surface area contributed by atoms with Gasteiger partial charge in [0, 0.05) is 17.6 Å². The molecule has 0 saturated carbocycles. The monoisotopic (exact) mass is 403 g/mol. The maximum absolute atomic E-state index is 8.03. The molecule has 1 aromatic carbocycles. The molecule has 1 aliphatic rings. The zero-order valence-electron chi connectivity index (χ0n) is 12.1. The van der Waals surface area contributed by atoms with Crippen molar-refractivity contribution < 1.29 is 4.74 Å². The number of guanidine groups is 1. The second-order valence-electron chi connectivity index (χ2n) is 5.78. The number of methoxy groups -OCH3 is 1. The van der Waals surface area contributed by atoms with Gasteiger partial charge >= 0.3 is 0 Å². The predicted octanol–water partition coefficient (Wildman–Crippen LogP) is 3.86. The zero-order chi connectivity index (χ0) is 15.1. The fourth-order valence-corrected chi connectivity index (χ4v) is 3.98. The van der Waals surface area contributed by atoms with Crippen molar-refractivity contribution in [3.63, 3.8) is 0 Å². The summed E-state index contributed by atoms with van der Waals surface area (Å²) >= 11 is 7.30. The van der Waals surface area contributed by atoms with Crippen molar-refractivity contribution >= 4 is 43.5 Å². The van der Waals surface area contributed by atoms with Gasteiger partial charge in [0.15, 0.2) is 11.7 Å². The molecule has 2 N–H and O–H groups in total. The van der Waals surface area contributed by atoms with Crippen molar-refractivity contribution in [2.75, 3.05) is 25.1 Å². The van der Waals surface area contributed by atoms with Crippen LogP contribution in [0.15, 0.2) is 15.0 Å². The first kappa shape index (κ1) is 15.6. The highest BCUT2D eigenvalue weighted by atomic mass is 79.9. The van der Waals surface area contributed by atoms with Gasteiger partial charge in [0.1, 0.15) is 5.69 Å². The summed E-state index contributed by atoms with van der Waals surface area (Å²) in [7, 11) is 1.65. The minimum Gasteiger partial charge on any atom is -0.493 e. The van der Waals surface area contributed by atoms with E-state index in [4.69, 9.17) is 10.1 Å². The van der Waals surface area contributed by atoms with Crippen LogP contribution in [0.4, 0.5) is 5.69 Å². The summed E-state index contributed by atoms with van der Waals surface area (Å²) in [5.74, 6) is 1.15. The van der Waals surface area contributed by atoms with Gasteiger partial charge in [-0.2, -0.15) is 0 Å². The van der Waals surface area contributed by atoms with Crippen LogP contribution in [0, 0.1) is 5.41 Å². The number of halogens is 2. The quantitative estimate of drug-likeness (QED) is 0.786. The number of benzene rings is 1. The van der Waals surface area contributed by atoms with Crippen LogP contribution in [-0.2, 0) is 5.41 Å². The van der Waals surface area contributed by atoms with E-state index in [1.807, 2.05) is 4.90 Å². The summed E-state index contributed by atoms with van der Waals surface area (Å²) in [5.41, 5.74) is 2.08. The van der Waals surface area contributed by atoms with Crippen LogP contribution in [0.3, 0.4) is 0 Å². The number of nitrogens with one attached hydrogen (secondary N) is 2. The first-order valence-electron chi connectivity index (χ1n) is 6.43. The van der Waals surface area contributed by atoms with Gasteiger partial charge in [-0.3, -0.25) is 5.41 Å². The van der Waals surface area contributed by atoms with E-state index in [1.54, 1.807) is 7.11 Å². The summed E-state index contributed by atoms with van der Waals surface area (Å²) in [6.07, 6.45) is 0. The third-order valence-corrected chi connectivity index (χ3v) is 4.72. The molecule has 0 aromatic heterocycles. The molecule has 2 rings (SSSR count). The van der Waals surface area contributed by atoms with Crippen LogP contribution < -0.4 is 15.0 Å². The Morgan fingerprint density at radius 2 is 2.00 bits per heavy atom. The largest absolute Gasteiger partial charge is 0.493 e. The van der Waals surface area contributed by atoms with Crippen LogP contribution in [0.25, 0.3) is 0 Å². The van der Waals surface area contributed by atoms with Gasteiger partial charge < -0.3 is 15.0 Å². The number of hydrogen-bond acceptors (Lipinski definition) is 2. The van der Waals surface area contributed by atoms with Crippen LogP contribution in [0.1, 0.15) is 26.3 Å². The zero-order valence-corrected chi connectivity index (χ0v) is 15.3. The highest BCUT2D eigenvalue weighted by Crippen LogP contribution is 2.47. The molecule has 6 heteroatoms. The standard InChI is InChI=1S/C14H19Br2N3O/c1-14(2,3)8-7-9(15)12(20-4)11(10(8)16)19-6-5-18-13(19)17/h7H,5-6H2,1-4H3,(H2,17,18). The Labute approximate surface area is 136 Å². The lowest BCUT2D eigenvalue weighted by Crippen LogP contribution is -2.30. The second kappa shape index (κ2) is 5.56. The van der Waals surface area contributed by atoms with Gasteiger partial charge in [-0.25, -0.2) is 0 Å². The van der Waals surface area contributed by atoms with Crippen molar-refractivity contribution in [2.24, 2.45) is 0 Å². The molecule has 0 bridgehead atoms. The molecule has 20 heavy (non-hydrogen) atoms. The highest BCUT2D eigenvalue weighted by molar-refractivity contribution is 9.11. The van der Waals surface area contributed by atoms with Gasteiger partial charge in [0.2, 0.25) is 0 Å². The Morgan fingerprint density at radius 3 is 2.45 bits per heavy atom. The van der Waals surface area contributed by atoms with E-state index in [1.165, 1.54) is 5.56 Å². The summed E-state index contributed by atoms with van der Waals surface area (Å²) < 4.78 is 7.43. The number of rotatable bonds is 2. The smallest absolute Gasteiger partial charge is 0.195 e. The van der Waals surface area contributed by atoms with Gasteiger partial charge in [-0.05, 0) is 48.9 Å². The van der Waals surface area contributed by atoms with Crippen LogP contribution >= 0.6 is 31.9 Å². The first-order valence-corrected chi connectivity index (χ1v) is 8.02. The van der Waals surface area contributed by atoms with Crippen molar-refractivity contribution in [1.82, 2.24) is 5.32 Å². The van der Waals surface area contributed by atoms with Gasteiger partial charge in [-0.1, -0.05) is 20.8 Å². The van der Waals surface area contributed by atoms with Crippen molar-refractivity contribution in [3.05, 3.63) is 20.6 Å². The maximum Gasteiger partial charge on any atom is 0.195 e. The topological polar surface area (TPSA) is 48.4 Å². The number of nitrogens with zero attached hydrogens (tertiary/aromatic N) is 1. The average molecular weight is 405 g/mol. The number of anilines is 1. The van der Waals surface area contributed by atoms with Crippen LogP contribution in [0.5, 0.6) is 5.75 Å². The van der Waals surface area contributed by atoms with E-state index in [9.17, 15) is 0 Å². The predicted molar refractivity (Wildman–Crippen MR) is 90.2 cm³/mol. The Bertz CT molecular complexity index is 552. The van der Waals surface area contributed by atoms with E-state index in [0.717, 1.165) is 33.5 Å². The molecular formula is C14H19Br2N3O. The fourth-order valence-electron chi connectivity index (χ4n) is 2.29. The molecule has 110 valence electrons. The van der Waals surface area contributed by atoms with Crippen LogP contribution in [0.2, 0.25) is 0 Å². The Hall–Kier alpha value is -0.750. The van der Waals surface area contributed by atoms with Crippen molar-refractivity contribution in [1.29, 1.82) is 5.41 Å². The Balaban J connectivity index is 2.69. The molecule has 0 spiro atoms. The van der Waals surface area contributed by atoms with E-state index in [-0.39, 0.29) is 5.41 Å². The third-order valence-electron chi connectivity index (χ3n) is 3.33. The summed E-state index contributed by atoms with van der Waals surface area (Å²) in [5, 5.41) is 11.1. The molecule has 1 fully saturated rings. The molecule has 0 atom stereocenters. The molecular weight excluding hydrogens is 386 g/mol. The van der Waals surface area contributed by atoms with E-state index >= 15 is 0 Å². The Morgan fingerprint density at radius 1 is 1.35 bits per heavy atom. The molecule has 1 heterocycles. The van der Waals surface area contributed by atoms with E-state index < -0.39 is 0 Å². The van der Waals surface area contributed by atoms with Crippen molar-refractivity contribution in [3.8, 4) is 5.75 Å². The molecule has 0 radical (unpaired) electrons. The molecule has 0 aliphatic carbocycles. The lowest BCUT2D eigenvalue weighted by Gasteiger charge is -2.28. The lowest BCUT2D eigenvalue weighted by atomic mass is 9.86. The summed E-state index contributed by atoms with van der Waals surface area (Å²) in [6.45, 7) is 8.04. The molecule has 1 aliphatic heterocycles. The minimum atomic E-state index is -0.00226. The molecule has 4 nitrogen and oxygen atoms in total. The fraction of sp³-hybridized carbons (Fsp3) is 0.500. The normalized spacial score (nSPS) is 15.5. The lowest BCUT2D eigenvalue weighted by molar-refractivity contribution is 0.412. The first-order chi connectivity index (χ1) is 9.27. The van der Waals surface area contributed by atoms with Gasteiger partial charge in [-0.15, -0.1) is 0 Å². The molecule has 0 amide bonds. The second-order valence-corrected chi connectivity index (χ2v) is 7.43. The minimum absolute atomic E-state index is 0.00226. The van der Waals surface area contributed by atoms with Crippen molar-refractivity contribution in [2.45, 2.75) is 26.2 Å². The summed E-state index contributed by atoms with van der Waals surface area (Å²) in [6, 6.07) is 2.08. The van der Waals surface area contributed by atoms with Crippen LogP contribution in [-0.4, -0.2) is 26.2 Å².